The van der Waals surface area contributed by atoms with Gasteiger partial charge < -0.3 is 9.05 Å². The van der Waals surface area contributed by atoms with Crippen molar-refractivity contribution in [1.29, 1.82) is 0 Å². The molecule has 342 valence electrons. The van der Waals surface area contributed by atoms with Gasteiger partial charge >= 0.3 is 23.3 Å². The molecule has 4 aliphatic rings. The highest BCUT2D eigenvalue weighted by Gasteiger charge is 2.54. The summed E-state index contributed by atoms with van der Waals surface area (Å²) < 4.78 is 100. The molecule has 11 rings (SSSR count). The maximum absolute atomic E-state index is 15.7. The van der Waals surface area contributed by atoms with Crippen LogP contribution >= 0.6 is 7.75 Å². The largest absolute Gasteiger partial charge is 0.526 e. The van der Waals surface area contributed by atoms with E-state index in [1.54, 1.807) is 0 Å². The highest BCUT2D eigenvalue weighted by molar-refractivity contribution is 7.95. The average Bonchev–Trinajstić information content (AvgIpc) is 3.50. The molecule has 7 aromatic rings. The first-order chi connectivity index (χ1) is 32.9. The van der Waals surface area contributed by atoms with Gasteiger partial charge in [-0.1, -0.05) is 145 Å². The lowest BCUT2D eigenvalue weighted by molar-refractivity contribution is -0.0443. The lowest BCUT2D eigenvalue weighted by atomic mass is 9.66. The smallest absolute Gasteiger partial charge is 0.403 e. The van der Waals surface area contributed by atoms with Gasteiger partial charge in [0.15, 0.2) is 0 Å². The number of nitrogens with one attached hydrogen (secondary N) is 1. The Bertz CT molecular complexity index is 3190. The third-order valence-corrected chi connectivity index (χ3v) is 17.1. The molecule has 0 saturated heterocycles. The Labute approximate surface area is 394 Å². The van der Waals surface area contributed by atoms with Crippen molar-refractivity contribution in [2.75, 3.05) is 0 Å². The molecule has 7 aromatic carbocycles. The normalized spacial score (nSPS) is 20.1. The predicted octanol–water partition coefficient (Wildman–Crippen LogP) is 15.5. The fraction of sp³-hybridized carbons (Fsp3) is 0.193. The van der Waals surface area contributed by atoms with Crippen LogP contribution in [0.15, 0.2) is 176 Å². The Balaban J connectivity index is 1.22. The van der Waals surface area contributed by atoms with Crippen molar-refractivity contribution in [1.82, 2.24) is 4.49 Å². The summed E-state index contributed by atoms with van der Waals surface area (Å²) in [5.41, 5.74) is 7.15. The summed E-state index contributed by atoms with van der Waals surface area (Å²) in [5, 5.41) is 0. The van der Waals surface area contributed by atoms with E-state index in [1.165, 1.54) is 4.49 Å². The second-order valence-corrected chi connectivity index (χ2v) is 21.7. The molecule has 0 aromatic heterocycles. The first kappa shape index (κ1) is 44.1. The van der Waals surface area contributed by atoms with Crippen molar-refractivity contribution in [3.05, 3.63) is 198 Å². The summed E-state index contributed by atoms with van der Waals surface area (Å²) in [4.78, 5) is 0. The number of sulfonamides is 1. The molecule has 1 heterocycles. The monoisotopic (exact) mass is 945 g/mol. The van der Waals surface area contributed by atoms with Gasteiger partial charge in [-0.2, -0.15) is 13.2 Å². The number of fused-ring (bicyclic) bond motifs is 6. The Kier molecular flexibility index (Phi) is 11.4. The van der Waals surface area contributed by atoms with Crippen LogP contribution in [0, 0.1) is 11.8 Å². The summed E-state index contributed by atoms with van der Waals surface area (Å²) in [7, 11) is -11.8. The first-order valence-electron chi connectivity index (χ1n) is 23.2. The van der Waals surface area contributed by atoms with Crippen LogP contribution in [0.3, 0.4) is 0 Å². The molecule has 0 spiro atoms. The number of rotatable bonds is 8. The molecule has 1 aliphatic heterocycles. The lowest BCUT2D eigenvalue weighted by Gasteiger charge is -2.38. The SMILES string of the molecule is O=P1(NS(=O)(=O)C(F)(F)F)OC2=C(c3c4c(cc(-c5cc(-c6ccccc6)cc(-c6ccccc6)c5)c3O1)CCCC4)C1CCCCC1C=C2c1cc(-c2ccccc2)cc(-c2ccccc2)c1. The second-order valence-electron chi connectivity index (χ2n) is 18.1. The van der Waals surface area contributed by atoms with Gasteiger partial charge in [-0.3, -0.25) is 0 Å². The van der Waals surface area contributed by atoms with Crippen LogP contribution in [-0.2, 0) is 32.0 Å². The minimum atomic E-state index is -6.29. The first-order valence-corrected chi connectivity index (χ1v) is 26.2. The molecule has 1 N–H and O–H groups in total. The molecule has 3 unspecified atom stereocenters. The summed E-state index contributed by atoms with van der Waals surface area (Å²) in [6.45, 7) is 0. The Morgan fingerprint density at radius 3 is 1.53 bits per heavy atom. The van der Waals surface area contributed by atoms with E-state index in [1.807, 2.05) is 152 Å². The molecule has 6 nitrogen and oxygen atoms in total. The van der Waals surface area contributed by atoms with Crippen molar-refractivity contribution >= 4 is 28.9 Å². The summed E-state index contributed by atoms with van der Waals surface area (Å²) in [5.74, 6) is -0.106. The zero-order valence-electron chi connectivity index (χ0n) is 37.0. The van der Waals surface area contributed by atoms with Gasteiger partial charge in [0.25, 0.3) is 0 Å². The minimum Gasteiger partial charge on any atom is -0.403 e. The van der Waals surface area contributed by atoms with Gasteiger partial charge in [-0.05, 0) is 160 Å². The van der Waals surface area contributed by atoms with E-state index in [0.29, 0.717) is 39.8 Å². The molecular weight excluding hydrogens is 899 g/mol. The van der Waals surface area contributed by atoms with Crippen LogP contribution in [0.5, 0.6) is 5.75 Å². The van der Waals surface area contributed by atoms with E-state index in [0.717, 1.165) is 101 Å². The number of hydrogen-bond donors (Lipinski definition) is 1. The number of alkyl halides is 3. The van der Waals surface area contributed by atoms with Crippen LogP contribution in [0.4, 0.5) is 13.2 Å². The maximum Gasteiger partial charge on any atom is 0.526 e. The molecule has 1 fully saturated rings. The zero-order valence-corrected chi connectivity index (χ0v) is 38.7. The molecule has 68 heavy (non-hydrogen) atoms. The fourth-order valence-corrected chi connectivity index (χ4v) is 13.5. The van der Waals surface area contributed by atoms with Crippen LogP contribution in [0.1, 0.15) is 60.8 Å². The van der Waals surface area contributed by atoms with Crippen molar-refractivity contribution < 1.29 is 35.2 Å². The van der Waals surface area contributed by atoms with Gasteiger partial charge in [-0.25, -0.2) is 13.0 Å². The molecule has 0 radical (unpaired) electrons. The number of allylic oxidation sites excluding steroid dienone is 3. The topological polar surface area (TPSA) is 81.7 Å². The lowest BCUT2D eigenvalue weighted by Crippen LogP contribution is -2.36. The standard InChI is InChI=1S/C57H47F3NO5PS/c58-57(59,60)68(63,64)61-67(62)65-55-51(47-31-43(37-17-5-1-6-18-37)29-44(32-47)38-19-7-2-8-20-38)35-41-25-13-15-27-49(41)53(55)54-50-28-16-14-26-42(50)36-52(56(54)66-67)48-33-45(39-21-9-3-10-22-39)30-46(34-48)40-23-11-4-12-24-40/h1-12,17-24,29-36,41,49H,13-16,25-28H2,(H,61,62). The highest BCUT2D eigenvalue weighted by Crippen LogP contribution is 2.63. The minimum absolute atomic E-state index is 0.0205. The van der Waals surface area contributed by atoms with Crippen LogP contribution in [0.25, 0.3) is 66.8 Å². The molecule has 3 atom stereocenters. The molecule has 3 aliphatic carbocycles. The molecule has 0 bridgehead atoms. The van der Waals surface area contributed by atoms with E-state index in [4.69, 9.17) is 9.05 Å². The predicted molar refractivity (Wildman–Crippen MR) is 264 cm³/mol. The molecular formula is C57H47F3NO5PS. The molecule has 0 amide bonds. The third kappa shape index (κ3) is 8.33. The van der Waals surface area contributed by atoms with Crippen molar-refractivity contribution in [3.8, 4) is 61.4 Å². The summed E-state index contributed by atoms with van der Waals surface area (Å²) in [6, 6.07) is 53.8. The van der Waals surface area contributed by atoms with E-state index >= 15 is 4.57 Å². The number of benzene rings is 7. The quantitative estimate of drug-likeness (QED) is 0.154. The summed E-state index contributed by atoms with van der Waals surface area (Å²) >= 11 is 0. The molecule has 1 saturated carbocycles. The van der Waals surface area contributed by atoms with Crippen LogP contribution in [-0.4, -0.2) is 13.9 Å². The van der Waals surface area contributed by atoms with E-state index < -0.39 is 23.3 Å². The van der Waals surface area contributed by atoms with Gasteiger partial charge in [0.2, 0.25) is 0 Å². The molecule has 11 heteroatoms. The van der Waals surface area contributed by atoms with Crippen LogP contribution in [0.2, 0.25) is 0 Å². The zero-order chi connectivity index (χ0) is 46.6. The second kappa shape index (κ2) is 17.6. The number of hydrogen-bond acceptors (Lipinski definition) is 5. The third-order valence-electron chi connectivity index (χ3n) is 13.8. The fourth-order valence-electron chi connectivity index (χ4n) is 10.7. The van der Waals surface area contributed by atoms with E-state index in [2.05, 4.69) is 18.2 Å². The number of aryl methyl sites for hydroxylation is 1. The van der Waals surface area contributed by atoms with Crippen LogP contribution < -0.4 is 9.02 Å². The summed E-state index contributed by atoms with van der Waals surface area (Å²) in [6.07, 6.45) is 8.67. The van der Waals surface area contributed by atoms with Crippen molar-refractivity contribution in [2.45, 2.75) is 56.9 Å². The van der Waals surface area contributed by atoms with Crippen molar-refractivity contribution in [2.24, 2.45) is 11.8 Å². The van der Waals surface area contributed by atoms with Gasteiger partial charge in [-0.15, -0.1) is 0 Å². The Hall–Kier alpha value is -6.45. The van der Waals surface area contributed by atoms with Gasteiger partial charge in [0, 0.05) is 22.3 Å². The maximum atomic E-state index is 15.7. The highest BCUT2D eigenvalue weighted by atomic mass is 32.2. The van der Waals surface area contributed by atoms with E-state index in [9.17, 15) is 21.6 Å². The number of halogens is 3. The van der Waals surface area contributed by atoms with E-state index in [-0.39, 0.29) is 23.3 Å². The van der Waals surface area contributed by atoms with Crippen molar-refractivity contribution in [3.63, 3.8) is 0 Å². The average molecular weight is 946 g/mol. The Morgan fingerprint density at radius 1 is 0.544 bits per heavy atom. The Morgan fingerprint density at radius 2 is 1.01 bits per heavy atom. The van der Waals surface area contributed by atoms with Gasteiger partial charge in [0.05, 0.1) is 0 Å². The van der Waals surface area contributed by atoms with Gasteiger partial charge in [0.1, 0.15) is 11.5 Å².